The average Bonchev–Trinajstić information content (AvgIpc) is 2.20. The number of esters is 1. The largest absolute Gasteiger partial charge is 0.469 e. The van der Waals surface area contributed by atoms with E-state index in [9.17, 15) is 13.6 Å². The van der Waals surface area contributed by atoms with Crippen LogP contribution in [0.1, 0.15) is 17.7 Å². The van der Waals surface area contributed by atoms with Crippen molar-refractivity contribution in [2.45, 2.75) is 12.8 Å². The van der Waals surface area contributed by atoms with Gasteiger partial charge in [-0.05, 0) is 6.07 Å². The third-order valence-electron chi connectivity index (χ3n) is 1.79. The molecule has 0 aliphatic carbocycles. The van der Waals surface area contributed by atoms with Crippen LogP contribution in [0.5, 0.6) is 0 Å². The van der Waals surface area contributed by atoms with Gasteiger partial charge in [-0.3, -0.25) is 9.78 Å². The van der Waals surface area contributed by atoms with Gasteiger partial charge in [0.2, 0.25) is 0 Å². The molecule has 0 aliphatic rings. The number of alkyl halides is 2. The van der Waals surface area contributed by atoms with E-state index < -0.39 is 18.1 Å². The summed E-state index contributed by atoms with van der Waals surface area (Å²) in [5.41, 5.74) is -0.228. The highest BCUT2D eigenvalue weighted by Gasteiger charge is 2.19. The molecular weight excluding hydrogens is 272 g/mol. The molecule has 0 saturated heterocycles. The van der Waals surface area contributed by atoms with Crippen molar-refractivity contribution in [1.82, 2.24) is 4.98 Å². The van der Waals surface area contributed by atoms with Gasteiger partial charge in [0, 0.05) is 16.2 Å². The van der Waals surface area contributed by atoms with Crippen LogP contribution in [0.2, 0.25) is 0 Å². The molecular formula is C9H8BrF2NO2. The van der Waals surface area contributed by atoms with Crippen LogP contribution in [0, 0.1) is 0 Å². The fourth-order valence-corrected chi connectivity index (χ4v) is 1.52. The summed E-state index contributed by atoms with van der Waals surface area (Å²) in [6.07, 6.45) is -1.67. The van der Waals surface area contributed by atoms with Gasteiger partial charge in [-0.25, -0.2) is 8.78 Å². The Kier molecular flexibility index (Phi) is 4.14. The van der Waals surface area contributed by atoms with Crippen molar-refractivity contribution in [3.63, 3.8) is 0 Å². The van der Waals surface area contributed by atoms with Crippen molar-refractivity contribution in [3.8, 4) is 0 Å². The Morgan fingerprint density at radius 3 is 2.87 bits per heavy atom. The second-order valence-electron chi connectivity index (χ2n) is 2.71. The molecule has 6 heteroatoms. The summed E-state index contributed by atoms with van der Waals surface area (Å²) in [5.74, 6) is -0.578. The molecule has 0 bridgehead atoms. The first-order chi connectivity index (χ1) is 7.06. The first-order valence-electron chi connectivity index (χ1n) is 4.04. The Balaban J connectivity index is 3.07. The third kappa shape index (κ3) is 2.95. The number of methoxy groups -OCH3 is 1. The van der Waals surface area contributed by atoms with Crippen LogP contribution >= 0.6 is 15.9 Å². The van der Waals surface area contributed by atoms with Crippen LogP contribution in [-0.4, -0.2) is 18.1 Å². The maximum atomic E-state index is 12.5. The Bertz CT molecular complexity index is 371. The molecule has 0 saturated carbocycles. The van der Waals surface area contributed by atoms with E-state index in [1.807, 2.05) is 0 Å². The number of aromatic nitrogens is 1. The normalized spacial score (nSPS) is 10.5. The summed E-state index contributed by atoms with van der Waals surface area (Å²) in [6.45, 7) is 0. The molecule has 0 unspecified atom stereocenters. The van der Waals surface area contributed by atoms with Crippen molar-refractivity contribution in [1.29, 1.82) is 0 Å². The molecule has 15 heavy (non-hydrogen) atoms. The van der Waals surface area contributed by atoms with Gasteiger partial charge >= 0.3 is 5.97 Å². The molecule has 0 radical (unpaired) electrons. The first-order valence-corrected chi connectivity index (χ1v) is 4.83. The first kappa shape index (κ1) is 12.0. The molecule has 1 aromatic heterocycles. The molecule has 0 aliphatic heterocycles. The minimum absolute atomic E-state index is 0.166. The smallest absolute Gasteiger partial charge is 0.310 e. The van der Waals surface area contributed by atoms with Gasteiger partial charge in [0.1, 0.15) is 5.69 Å². The van der Waals surface area contributed by atoms with Crippen LogP contribution in [0.4, 0.5) is 8.78 Å². The molecule has 0 N–H and O–H groups in total. The number of pyridine rings is 1. The number of halogens is 3. The molecule has 1 rings (SSSR count). The topological polar surface area (TPSA) is 39.2 Å². The van der Waals surface area contributed by atoms with Gasteiger partial charge in [0.25, 0.3) is 6.43 Å². The zero-order valence-corrected chi connectivity index (χ0v) is 9.42. The second-order valence-corrected chi connectivity index (χ2v) is 3.56. The summed E-state index contributed by atoms with van der Waals surface area (Å²) >= 11 is 3.09. The minimum atomic E-state index is -2.71. The van der Waals surface area contributed by atoms with Crippen LogP contribution in [-0.2, 0) is 16.0 Å². The molecule has 0 fully saturated rings. The van der Waals surface area contributed by atoms with Gasteiger partial charge < -0.3 is 4.74 Å². The van der Waals surface area contributed by atoms with Gasteiger partial charge in [0.15, 0.2) is 0 Å². The summed E-state index contributed by atoms with van der Waals surface area (Å²) in [7, 11) is 1.20. The Morgan fingerprint density at radius 2 is 2.33 bits per heavy atom. The molecule has 1 aromatic rings. The van der Waals surface area contributed by atoms with E-state index in [0.717, 1.165) is 0 Å². The number of carbonyl (C=O) groups is 1. The summed E-state index contributed by atoms with van der Waals surface area (Å²) in [4.78, 5) is 14.5. The standard InChI is InChI=1S/C9H8BrF2NO2/c1-15-7(14)4-5-6(10)2-3-13-8(5)9(11)12/h2-3,9H,4H2,1H3. The predicted octanol–water partition coefficient (Wildman–Crippen LogP) is 2.50. The molecule has 3 nitrogen and oxygen atoms in total. The highest BCUT2D eigenvalue weighted by Crippen LogP contribution is 2.27. The lowest BCUT2D eigenvalue weighted by atomic mass is 10.1. The van der Waals surface area contributed by atoms with Crippen molar-refractivity contribution in [2.24, 2.45) is 0 Å². The molecule has 0 amide bonds. The second kappa shape index (κ2) is 5.16. The lowest BCUT2D eigenvalue weighted by Gasteiger charge is -2.08. The average molecular weight is 280 g/mol. The Hall–Kier alpha value is -1.04. The van der Waals surface area contributed by atoms with E-state index >= 15 is 0 Å². The Labute approximate surface area is 93.6 Å². The molecule has 0 atom stereocenters. The highest BCUT2D eigenvalue weighted by molar-refractivity contribution is 9.10. The number of ether oxygens (including phenoxy) is 1. The maximum absolute atomic E-state index is 12.5. The van der Waals surface area contributed by atoms with Crippen molar-refractivity contribution < 1.29 is 18.3 Å². The Morgan fingerprint density at radius 1 is 1.67 bits per heavy atom. The molecule has 82 valence electrons. The number of carbonyl (C=O) groups excluding carboxylic acids is 1. The molecule has 1 heterocycles. The van der Waals surface area contributed by atoms with E-state index in [1.54, 1.807) is 0 Å². The zero-order valence-electron chi connectivity index (χ0n) is 7.84. The van der Waals surface area contributed by atoms with Gasteiger partial charge in [-0.15, -0.1) is 0 Å². The van der Waals surface area contributed by atoms with Crippen LogP contribution in [0.3, 0.4) is 0 Å². The summed E-state index contributed by atoms with van der Waals surface area (Å²) in [5, 5.41) is 0. The van der Waals surface area contributed by atoms with Gasteiger partial charge in [0.05, 0.1) is 13.5 Å². The third-order valence-corrected chi connectivity index (χ3v) is 2.53. The minimum Gasteiger partial charge on any atom is -0.469 e. The lowest BCUT2D eigenvalue weighted by Crippen LogP contribution is -2.09. The zero-order chi connectivity index (χ0) is 11.4. The fourth-order valence-electron chi connectivity index (χ4n) is 1.06. The van der Waals surface area contributed by atoms with Crippen LogP contribution in [0.25, 0.3) is 0 Å². The SMILES string of the molecule is COC(=O)Cc1c(Br)ccnc1C(F)F. The summed E-state index contributed by atoms with van der Waals surface area (Å²) in [6, 6.07) is 1.50. The van der Waals surface area contributed by atoms with Gasteiger partial charge in [-0.1, -0.05) is 15.9 Å². The van der Waals surface area contributed by atoms with Crippen LogP contribution in [0.15, 0.2) is 16.7 Å². The van der Waals surface area contributed by atoms with E-state index in [-0.39, 0.29) is 12.0 Å². The number of nitrogens with zero attached hydrogens (tertiary/aromatic N) is 1. The van der Waals surface area contributed by atoms with E-state index in [0.29, 0.717) is 4.47 Å². The van der Waals surface area contributed by atoms with E-state index in [4.69, 9.17) is 0 Å². The quantitative estimate of drug-likeness (QED) is 0.798. The molecule has 0 aromatic carbocycles. The fraction of sp³-hybridized carbons (Fsp3) is 0.333. The monoisotopic (exact) mass is 279 g/mol. The van der Waals surface area contributed by atoms with Crippen molar-refractivity contribution in [3.05, 3.63) is 28.0 Å². The number of hydrogen-bond acceptors (Lipinski definition) is 3. The van der Waals surface area contributed by atoms with Crippen molar-refractivity contribution in [2.75, 3.05) is 7.11 Å². The van der Waals surface area contributed by atoms with E-state index in [2.05, 4.69) is 25.7 Å². The maximum Gasteiger partial charge on any atom is 0.310 e. The van der Waals surface area contributed by atoms with E-state index in [1.165, 1.54) is 19.4 Å². The highest BCUT2D eigenvalue weighted by atomic mass is 79.9. The van der Waals surface area contributed by atoms with Crippen molar-refractivity contribution >= 4 is 21.9 Å². The number of rotatable bonds is 3. The van der Waals surface area contributed by atoms with Crippen LogP contribution < -0.4 is 0 Å². The van der Waals surface area contributed by atoms with Gasteiger partial charge in [-0.2, -0.15) is 0 Å². The number of hydrogen-bond donors (Lipinski definition) is 0. The predicted molar refractivity (Wildman–Crippen MR) is 52.6 cm³/mol. The molecule has 0 spiro atoms. The summed E-state index contributed by atoms with van der Waals surface area (Å²) < 4.78 is 29.9. The lowest BCUT2D eigenvalue weighted by molar-refractivity contribution is -0.139.